The second-order valence-electron chi connectivity index (χ2n) is 10.4. The predicted octanol–water partition coefficient (Wildman–Crippen LogP) is 6.82. The van der Waals surface area contributed by atoms with Crippen LogP contribution in [0.1, 0.15) is 60.5 Å². The number of hydrogen-bond donors (Lipinski definition) is 4. The van der Waals surface area contributed by atoms with Gasteiger partial charge in [0.1, 0.15) is 6.07 Å². The number of nitriles is 2. The van der Waals surface area contributed by atoms with E-state index in [0.717, 1.165) is 29.7 Å². The highest BCUT2D eigenvalue weighted by Crippen LogP contribution is 2.40. The van der Waals surface area contributed by atoms with Crippen molar-refractivity contribution in [1.82, 2.24) is 21.0 Å². The van der Waals surface area contributed by atoms with Crippen LogP contribution in [0.25, 0.3) is 10.9 Å². The zero-order valence-corrected chi connectivity index (χ0v) is 23.6. The third kappa shape index (κ3) is 5.28. The Hall–Kier alpha value is -4.83. The van der Waals surface area contributed by atoms with Crippen molar-refractivity contribution in [2.24, 2.45) is 0 Å². The molecule has 0 bridgehead atoms. The van der Waals surface area contributed by atoms with Crippen LogP contribution in [0, 0.1) is 28.5 Å². The molecule has 0 amide bonds. The quantitative estimate of drug-likeness (QED) is 0.171. The summed E-state index contributed by atoms with van der Waals surface area (Å²) in [7, 11) is 0. The SMILES string of the molecule is CC[C@@H](Nc1c(C#N)cnc2c(Cl)cc(NC(C3=CN(C4CC4)NN3)c3cccc(C#N)c3)c(F)c12)c1ccccc1. The maximum absolute atomic E-state index is 16.7. The minimum atomic E-state index is -0.587. The Kier molecular flexibility index (Phi) is 7.54. The number of fused-ring (bicyclic) bond motifs is 1. The molecule has 0 saturated heterocycles. The lowest BCUT2D eigenvalue weighted by Crippen LogP contribution is -2.38. The van der Waals surface area contributed by atoms with Gasteiger partial charge in [-0.1, -0.05) is 61.0 Å². The minimum absolute atomic E-state index is 0.133. The zero-order valence-electron chi connectivity index (χ0n) is 22.8. The first-order chi connectivity index (χ1) is 20.5. The molecule has 1 saturated carbocycles. The second kappa shape index (κ2) is 11.6. The number of nitrogens with zero attached hydrogens (tertiary/aromatic N) is 4. The summed E-state index contributed by atoms with van der Waals surface area (Å²) in [5.41, 5.74) is 10.3. The third-order valence-electron chi connectivity index (χ3n) is 7.59. The number of halogens is 2. The maximum atomic E-state index is 16.7. The Morgan fingerprint density at radius 3 is 2.57 bits per heavy atom. The Bertz CT molecular complexity index is 1760. The van der Waals surface area contributed by atoms with Crippen molar-refractivity contribution in [3.05, 3.63) is 112 Å². The summed E-state index contributed by atoms with van der Waals surface area (Å²) in [5.74, 6) is -0.587. The smallest absolute Gasteiger partial charge is 0.157 e. The molecule has 1 unspecified atom stereocenters. The molecule has 6 rings (SSSR count). The third-order valence-corrected chi connectivity index (χ3v) is 7.88. The van der Waals surface area contributed by atoms with E-state index in [0.29, 0.717) is 23.7 Å². The molecular formula is C32H28ClFN8. The molecule has 4 aromatic rings. The van der Waals surface area contributed by atoms with Gasteiger partial charge in [0.05, 0.1) is 62.3 Å². The Morgan fingerprint density at radius 1 is 1.07 bits per heavy atom. The second-order valence-corrected chi connectivity index (χ2v) is 10.8. The van der Waals surface area contributed by atoms with Crippen LogP contribution in [-0.4, -0.2) is 16.0 Å². The molecule has 42 heavy (non-hydrogen) atoms. The number of hydrazine groups is 2. The molecule has 1 aromatic heterocycles. The molecule has 10 heteroatoms. The van der Waals surface area contributed by atoms with E-state index in [4.69, 9.17) is 11.6 Å². The molecule has 4 N–H and O–H groups in total. The van der Waals surface area contributed by atoms with E-state index in [-0.39, 0.29) is 33.2 Å². The van der Waals surface area contributed by atoms with Crippen molar-refractivity contribution in [1.29, 1.82) is 10.5 Å². The summed E-state index contributed by atoms with van der Waals surface area (Å²) in [4.78, 5) is 4.36. The number of rotatable bonds is 9. The lowest BCUT2D eigenvalue weighted by atomic mass is 10.00. The van der Waals surface area contributed by atoms with E-state index >= 15 is 4.39 Å². The Balaban J connectivity index is 1.46. The highest BCUT2D eigenvalue weighted by atomic mass is 35.5. The first-order valence-corrected chi connectivity index (χ1v) is 14.2. The molecule has 2 atom stereocenters. The molecule has 210 valence electrons. The fraction of sp³-hybridized carbons (Fsp3) is 0.219. The van der Waals surface area contributed by atoms with Crippen molar-refractivity contribution < 1.29 is 4.39 Å². The maximum Gasteiger partial charge on any atom is 0.157 e. The van der Waals surface area contributed by atoms with Gasteiger partial charge < -0.3 is 16.1 Å². The number of hydrogen-bond acceptors (Lipinski definition) is 8. The Morgan fingerprint density at radius 2 is 1.86 bits per heavy atom. The van der Waals surface area contributed by atoms with Crippen LogP contribution in [-0.2, 0) is 0 Å². The standard InChI is InChI=1S/C32H28ClFN8/c1-2-25(20-8-4-3-5-9-20)38-31-22(16-36)17-37-32-24(33)14-26(29(34)28(31)32)39-30(21-10-6-7-19(13-21)15-35)27-18-42(41-40-27)23-11-12-23/h3-10,13-14,17-18,23,25,30,39-41H,2,11-12H2,1H3,(H,37,38)/t25-,30?/m1/s1. The van der Waals surface area contributed by atoms with Gasteiger partial charge in [-0.05, 0) is 48.6 Å². The monoisotopic (exact) mass is 578 g/mol. The van der Waals surface area contributed by atoms with Crippen molar-refractivity contribution >= 4 is 33.9 Å². The molecule has 0 spiro atoms. The molecular weight excluding hydrogens is 551 g/mol. The van der Waals surface area contributed by atoms with E-state index in [2.05, 4.69) is 38.7 Å². The van der Waals surface area contributed by atoms with Crippen LogP contribution in [0.15, 0.2) is 78.8 Å². The molecule has 2 heterocycles. The molecule has 1 fully saturated rings. The fourth-order valence-corrected chi connectivity index (χ4v) is 5.50. The van der Waals surface area contributed by atoms with Crippen LogP contribution >= 0.6 is 11.6 Å². The zero-order chi connectivity index (χ0) is 29.2. The lowest BCUT2D eigenvalue weighted by molar-refractivity contribution is 0.260. The fourth-order valence-electron chi connectivity index (χ4n) is 5.24. The van der Waals surface area contributed by atoms with Gasteiger partial charge in [-0.15, -0.1) is 5.53 Å². The first kappa shape index (κ1) is 27.3. The number of nitrogens with one attached hydrogen (secondary N) is 4. The molecule has 0 radical (unpaired) electrons. The summed E-state index contributed by atoms with van der Waals surface area (Å²) in [5, 5.41) is 28.6. The van der Waals surface area contributed by atoms with Gasteiger partial charge in [-0.3, -0.25) is 9.99 Å². The van der Waals surface area contributed by atoms with Crippen LogP contribution in [0.5, 0.6) is 0 Å². The van der Waals surface area contributed by atoms with E-state index in [9.17, 15) is 10.5 Å². The average molecular weight is 579 g/mol. The number of pyridine rings is 1. The predicted molar refractivity (Wildman–Crippen MR) is 161 cm³/mol. The summed E-state index contributed by atoms with van der Waals surface area (Å²) >= 11 is 6.73. The summed E-state index contributed by atoms with van der Waals surface area (Å²) < 4.78 is 16.7. The van der Waals surface area contributed by atoms with Crippen molar-refractivity contribution in [3.63, 3.8) is 0 Å². The highest BCUT2D eigenvalue weighted by Gasteiger charge is 2.33. The van der Waals surface area contributed by atoms with Crippen LogP contribution in [0.3, 0.4) is 0 Å². The highest BCUT2D eigenvalue weighted by molar-refractivity contribution is 6.36. The average Bonchev–Trinajstić information content (AvgIpc) is 3.77. The first-order valence-electron chi connectivity index (χ1n) is 13.8. The van der Waals surface area contributed by atoms with E-state index in [1.165, 1.54) is 12.3 Å². The van der Waals surface area contributed by atoms with Crippen LogP contribution in [0.4, 0.5) is 15.8 Å². The molecule has 3 aromatic carbocycles. The van der Waals surface area contributed by atoms with Crippen molar-refractivity contribution in [2.75, 3.05) is 10.6 Å². The lowest BCUT2D eigenvalue weighted by Gasteiger charge is -2.24. The van der Waals surface area contributed by atoms with Gasteiger partial charge in [0.2, 0.25) is 0 Å². The van der Waals surface area contributed by atoms with Gasteiger partial charge in [0, 0.05) is 18.4 Å². The molecule has 8 nitrogen and oxygen atoms in total. The van der Waals surface area contributed by atoms with Gasteiger partial charge in [0.25, 0.3) is 0 Å². The van der Waals surface area contributed by atoms with Crippen molar-refractivity contribution in [3.8, 4) is 12.1 Å². The van der Waals surface area contributed by atoms with E-state index in [1.807, 2.05) is 54.5 Å². The Labute approximate surface area is 248 Å². The van der Waals surface area contributed by atoms with Gasteiger partial charge in [-0.2, -0.15) is 10.5 Å². The molecule has 1 aliphatic heterocycles. The van der Waals surface area contributed by atoms with Crippen LogP contribution < -0.4 is 21.6 Å². The van der Waals surface area contributed by atoms with Gasteiger partial charge in [-0.25, -0.2) is 4.39 Å². The normalized spacial score (nSPS) is 15.7. The molecule has 2 aliphatic rings. The van der Waals surface area contributed by atoms with Crippen molar-refractivity contribution in [2.45, 2.75) is 44.3 Å². The summed E-state index contributed by atoms with van der Waals surface area (Å²) in [6.07, 6.45) is 6.25. The van der Waals surface area contributed by atoms with Gasteiger partial charge >= 0.3 is 0 Å². The van der Waals surface area contributed by atoms with E-state index < -0.39 is 11.9 Å². The summed E-state index contributed by atoms with van der Waals surface area (Å²) in [6, 6.07) is 22.5. The number of aromatic nitrogens is 1. The van der Waals surface area contributed by atoms with E-state index in [1.54, 1.807) is 18.2 Å². The van der Waals surface area contributed by atoms with Gasteiger partial charge in [0.15, 0.2) is 5.82 Å². The molecule has 1 aliphatic carbocycles. The largest absolute Gasteiger partial charge is 0.376 e. The number of anilines is 2. The minimum Gasteiger partial charge on any atom is -0.376 e. The summed E-state index contributed by atoms with van der Waals surface area (Å²) in [6.45, 7) is 2.03. The number of benzene rings is 3. The topological polar surface area (TPSA) is 112 Å². The van der Waals surface area contributed by atoms with Crippen LogP contribution in [0.2, 0.25) is 5.02 Å².